The summed E-state index contributed by atoms with van der Waals surface area (Å²) in [4.78, 5) is 18.1. The Morgan fingerprint density at radius 3 is 2.85 bits per heavy atom. The number of aromatic nitrogens is 2. The molecule has 6 nitrogen and oxygen atoms in total. The molecule has 1 fully saturated rings. The van der Waals surface area contributed by atoms with Gasteiger partial charge < -0.3 is 14.2 Å². The molecule has 142 valence electrons. The molecular formula is C18H17F2N3O3S. The lowest BCUT2D eigenvalue weighted by atomic mass is 10.1. The third-order valence-corrected chi connectivity index (χ3v) is 5.64. The van der Waals surface area contributed by atoms with Gasteiger partial charge in [-0.2, -0.15) is 0 Å². The molecule has 0 radical (unpaired) electrons. The molecule has 0 unspecified atom stereocenters. The number of benzene rings is 1. The number of carbonyl (C=O) groups excluding carboxylic acids is 1. The molecule has 0 aliphatic carbocycles. The number of anilines is 1. The van der Waals surface area contributed by atoms with Crippen LogP contribution in [0.4, 0.5) is 13.9 Å². The second kappa shape index (κ2) is 6.88. The average molecular weight is 393 g/mol. The summed E-state index contributed by atoms with van der Waals surface area (Å²) in [5.74, 6) is -0.856. The van der Waals surface area contributed by atoms with Crippen molar-refractivity contribution < 1.29 is 22.8 Å². The molecule has 0 bridgehead atoms. The van der Waals surface area contributed by atoms with Gasteiger partial charge in [0.2, 0.25) is 0 Å². The zero-order chi connectivity index (χ0) is 19.1. The van der Waals surface area contributed by atoms with E-state index in [2.05, 4.69) is 10.1 Å². The van der Waals surface area contributed by atoms with Crippen molar-refractivity contribution in [2.45, 2.75) is 32.8 Å². The minimum Gasteiger partial charge on any atom is -0.459 e. The summed E-state index contributed by atoms with van der Waals surface area (Å²) in [6, 6.07) is 2.09. The highest BCUT2D eigenvalue weighted by molar-refractivity contribution is 7.22. The van der Waals surface area contributed by atoms with Crippen molar-refractivity contribution in [3.05, 3.63) is 40.8 Å². The molecule has 1 aromatic carbocycles. The fraction of sp³-hybridized carbons (Fsp3) is 0.389. The summed E-state index contributed by atoms with van der Waals surface area (Å²) in [7, 11) is 0. The zero-order valence-corrected chi connectivity index (χ0v) is 15.6. The summed E-state index contributed by atoms with van der Waals surface area (Å²) in [6.07, 6.45) is 0.556. The van der Waals surface area contributed by atoms with Gasteiger partial charge in [-0.25, -0.2) is 13.8 Å². The van der Waals surface area contributed by atoms with Gasteiger partial charge in [0.1, 0.15) is 23.2 Å². The van der Waals surface area contributed by atoms with Crippen LogP contribution in [-0.4, -0.2) is 35.3 Å². The van der Waals surface area contributed by atoms with E-state index in [9.17, 15) is 13.6 Å². The molecule has 0 saturated carbocycles. The van der Waals surface area contributed by atoms with E-state index in [0.717, 1.165) is 23.1 Å². The molecule has 27 heavy (non-hydrogen) atoms. The van der Waals surface area contributed by atoms with Gasteiger partial charge in [0.05, 0.1) is 23.5 Å². The number of ether oxygens (including phenoxy) is 1. The van der Waals surface area contributed by atoms with Gasteiger partial charge in [0, 0.05) is 18.1 Å². The lowest BCUT2D eigenvalue weighted by Gasteiger charge is -2.38. The summed E-state index contributed by atoms with van der Waals surface area (Å²) in [5.41, 5.74) is 1.89. The number of halogens is 2. The number of aryl methyl sites for hydroxylation is 2. The third-order valence-electron chi connectivity index (χ3n) is 4.58. The van der Waals surface area contributed by atoms with Crippen molar-refractivity contribution >= 4 is 32.7 Å². The Morgan fingerprint density at radius 1 is 1.37 bits per heavy atom. The van der Waals surface area contributed by atoms with E-state index in [0.29, 0.717) is 29.3 Å². The minimum atomic E-state index is -0.671. The third kappa shape index (κ3) is 3.51. The first-order chi connectivity index (χ1) is 12.9. The normalized spacial score (nSPS) is 14.6. The van der Waals surface area contributed by atoms with Gasteiger partial charge in [-0.1, -0.05) is 16.5 Å². The van der Waals surface area contributed by atoms with E-state index in [1.807, 2.05) is 18.7 Å². The van der Waals surface area contributed by atoms with Gasteiger partial charge in [-0.15, -0.1) is 0 Å². The van der Waals surface area contributed by atoms with Crippen LogP contribution in [0.5, 0.6) is 0 Å². The molecule has 0 spiro atoms. The Balaban J connectivity index is 1.31. The van der Waals surface area contributed by atoms with Crippen LogP contribution < -0.4 is 4.90 Å². The van der Waals surface area contributed by atoms with Gasteiger partial charge >= 0.3 is 5.97 Å². The molecule has 9 heteroatoms. The average Bonchev–Trinajstić information content (AvgIpc) is 3.12. The van der Waals surface area contributed by atoms with Gasteiger partial charge in [0.25, 0.3) is 0 Å². The van der Waals surface area contributed by atoms with E-state index >= 15 is 0 Å². The first kappa shape index (κ1) is 17.8. The Labute approximate surface area is 157 Å². The van der Waals surface area contributed by atoms with Crippen molar-refractivity contribution in [1.29, 1.82) is 0 Å². The van der Waals surface area contributed by atoms with Crippen LogP contribution >= 0.6 is 11.3 Å². The predicted octanol–water partition coefficient (Wildman–Crippen LogP) is 3.54. The highest BCUT2D eigenvalue weighted by Crippen LogP contribution is 2.33. The number of carbonyl (C=O) groups is 1. The van der Waals surface area contributed by atoms with Crippen molar-refractivity contribution in [2.24, 2.45) is 0 Å². The van der Waals surface area contributed by atoms with Crippen LogP contribution in [0.15, 0.2) is 16.7 Å². The Kier molecular flexibility index (Phi) is 4.55. The van der Waals surface area contributed by atoms with Crippen LogP contribution in [0.1, 0.15) is 23.4 Å². The van der Waals surface area contributed by atoms with E-state index in [1.54, 1.807) is 0 Å². The molecule has 1 aliphatic heterocycles. The van der Waals surface area contributed by atoms with Gasteiger partial charge in [-0.05, 0) is 26.3 Å². The molecule has 0 N–H and O–H groups in total. The summed E-state index contributed by atoms with van der Waals surface area (Å²) in [5, 5.41) is 4.46. The van der Waals surface area contributed by atoms with Crippen molar-refractivity contribution in [3.8, 4) is 0 Å². The van der Waals surface area contributed by atoms with Gasteiger partial charge in [0.15, 0.2) is 10.9 Å². The number of rotatable bonds is 5. The molecular weight excluding hydrogens is 376 g/mol. The lowest BCUT2D eigenvalue weighted by molar-refractivity contribution is -0.150. The second-order valence-electron chi connectivity index (χ2n) is 6.55. The number of hydrogen-bond donors (Lipinski definition) is 0. The van der Waals surface area contributed by atoms with Crippen molar-refractivity contribution in [3.63, 3.8) is 0 Å². The monoisotopic (exact) mass is 393 g/mol. The Bertz CT molecular complexity index is 991. The molecule has 2 aromatic heterocycles. The highest BCUT2D eigenvalue weighted by Gasteiger charge is 2.32. The summed E-state index contributed by atoms with van der Waals surface area (Å²) < 4.78 is 38.0. The topological polar surface area (TPSA) is 68.5 Å². The van der Waals surface area contributed by atoms with E-state index < -0.39 is 11.6 Å². The predicted molar refractivity (Wildman–Crippen MR) is 95.9 cm³/mol. The summed E-state index contributed by atoms with van der Waals surface area (Å²) in [6.45, 7) is 4.63. The molecule has 0 atom stereocenters. The Hall–Kier alpha value is -2.55. The number of thiazole rings is 1. The molecule has 0 amide bonds. The standard InChI is InChI=1S/C18H17F2N3O3S/c1-9-13(10(2)26-22-9)3-4-16(24)25-12-7-23(8-12)18-21-17-14(20)5-11(19)6-15(17)27-18/h5-6,12H,3-4,7-8H2,1-2H3. The largest absolute Gasteiger partial charge is 0.459 e. The molecule has 1 aliphatic rings. The molecule has 3 heterocycles. The van der Waals surface area contributed by atoms with E-state index in [4.69, 9.17) is 9.26 Å². The second-order valence-corrected chi connectivity index (χ2v) is 7.56. The van der Waals surface area contributed by atoms with Crippen molar-refractivity contribution in [2.75, 3.05) is 18.0 Å². The van der Waals surface area contributed by atoms with Crippen LogP contribution in [0, 0.1) is 25.5 Å². The maximum absolute atomic E-state index is 13.8. The van der Waals surface area contributed by atoms with E-state index in [1.165, 1.54) is 17.4 Å². The Morgan fingerprint density at radius 2 is 2.15 bits per heavy atom. The fourth-order valence-corrected chi connectivity index (χ4v) is 4.10. The lowest BCUT2D eigenvalue weighted by Crippen LogP contribution is -2.53. The SMILES string of the molecule is Cc1noc(C)c1CCC(=O)OC1CN(c2nc3c(F)cc(F)cc3s2)C1. The van der Waals surface area contributed by atoms with Crippen molar-refractivity contribution in [1.82, 2.24) is 10.1 Å². The van der Waals surface area contributed by atoms with Crippen LogP contribution in [0.25, 0.3) is 10.2 Å². The summed E-state index contributed by atoms with van der Waals surface area (Å²) >= 11 is 1.22. The maximum Gasteiger partial charge on any atom is 0.306 e. The quantitative estimate of drug-likeness (QED) is 0.618. The number of nitrogens with zero attached hydrogens (tertiary/aromatic N) is 3. The van der Waals surface area contributed by atoms with Crippen LogP contribution in [0.2, 0.25) is 0 Å². The first-order valence-electron chi connectivity index (χ1n) is 8.52. The highest BCUT2D eigenvalue weighted by atomic mass is 32.1. The maximum atomic E-state index is 13.8. The molecule has 1 saturated heterocycles. The number of esters is 1. The van der Waals surface area contributed by atoms with Crippen LogP contribution in [0.3, 0.4) is 0 Å². The zero-order valence-electron chi connectivity index (χ0n) is 14.8. The number of hydrogen-bond acceptors (Lipinski definition) is 7. The van der Waals surface area contributed by atoms with E-state index in [-0.39, 0.29) is 24.0 Å². The first-order valence-corrected chi connectivity index (χ1v) is 9.34. The molecule has 3 aromatic rings. The smallest absolute Gasteiger partial charge is 0.306 e. The molecule has 4 rings (SSSR count). The van der Waals surface area contributed by atoms with Crippen LogP contribution in [-0.2, 0) is 16.0 Å². The number of fused-ring (bicyclic) bond motifs is 1. The minimum absolute atomic E-state index is 0.163. The van der Waals surface area contributed by atoms with Gasteiger partial charge in [-0.3, -0.25) is 4.79 Å². The fourth-order valence-electron chi connectivity index (χ4n) is 3.08.